The van der Waals surface area contributed by atoms with Crippen molar-refractivity contribution >= 4 is 5.91 Å². The maximum Gasteiger partial charge on any atom is 0.433 e. The smallest absolute Gasteiger partial charge is 0.337 e. The third kappa shape index (κ3) is 2.90. The molecule has 1 aromatic heterocycles. The van der Waals surface area contributed by atoms with Gasteiger partial charge in [0.15, 0.2) is 5.69 Å². The fourth-order valence-electron chi connectivity index (χ4n) is 2.37. The molecule has 0 aliphatic carbocycles. The summed E-state index contributed by atoms with van der Waals surface area (Å²) in [6, 6.07) is 0.821. The van der Waals surface area contributed by atoms with Crippen LogP contribution in [0.5, 0.6) is 0 Å². The van der Waals surface area contributed by atoms with Crippen LogP contribution in [0.2, 0.25) is 0 Å². The van der Waals surface area contributed by atoms with Crippen molar-refractivity contribution in [2.24, 2.45) is 13.0 Å². The molecule has 1 fully saturated rings. The van der Waals surface area contributed by atoms with Crippen molar-refractivity contribution in [1.82, 2.24) is 14.7 Å². The van der Waals surface area contributed by atoms with Gasteiger partial charge in [0.1, 0.15) is 5.69 Å². The largest absolute Gasteiger partial charge is 0.433 e. The lowest BCUT2D eigenvalue weighted by Crippen LogP contribution is -2.39. The second-order valence-corrected chi connectivity index (χ2v) is 5.03. The van der Waals surface area contributed by atoms with E-state index in [9.17, 15) is 18.0 Å². The molecule has 0 saturated carbocycles. The Bertz CT molecular complexity index is 481. The lowest BCUT2D eigenvalue weighted by Gasteiger charge is -2.30. The van der Waals surface area contributed by atoms with Gasteiger partial charge in [0.2, 0.25) is 0 Å². The molecule has 1 unspecified atom stereocenters. The van der Waals surface area contributed by atoms with Gasteiger partial charge in [-0.3, -0.25) is 9.48 Å². The number of amides is 1. The molecule has 0 bridgehead atoms. The lowest BCUT2D eigenvalue weighted by molar-refractivity contribution is -0.143. The Balaban J connectivity index is 2.20. The van der Waals surface area contributed by atoms with Crippen LogP contribution in [0.3, 0.4) is 0 Å². The minimum atomic E-state index is -4.49. The van der Waals surface area contributed by atoms with Crippen LogP contribution in [0, 0.1) is 5.92 Å². The molecule has 1 aliphatic heterocycles. The molecule has 0 N–H and O–H groups in total. The Morgan fingerprint density at radius 1 is 1.47 bits per heavy atom. The van der Waals surface area contributed by atoms with E-state index in [0.29, 0.717) is 23.7 Å². The number of hydrogen-bond donors (Lipinski definition) is 0. The zero-order chi connectivity index (χ0) is 14.2. The quantitative estimate of drug-likeness (QED) is 0.789. The first-order valence-corrected chi connectivity index (χ1v) is 6.19. The highest BCUT2D eigenvalue weighted by Crippen LogP contribution is 2.29. The van der Waals surface area contributed by atoms with E-state index in [0.717, 1.165) is 18.9 Å². The van der Waals surface area contributed by atoms with E-state index in [-0.39, 0.29) is 5.69 Å². The standard InChI is InChI=1S/C12H16F3N3O/c1-8-4-3-5-18(7-8)11(19)9-6-10(12(13,14)15)17(2)16-9/h6,8H,3-5,7H2,1-2H3. The van der Waals surface area contributed by atoms with Gasteiger partial charge in [-0.2, -0.15) is 18.3 Å². The molecule has 1 atom stereocenters. The molecule has 2 heterocycles. The predicted molar refractivity (Wildman–Crippen MR) is 62.5 cm³/mol. The number of likely N-dealkylation sites (tertiary alicyclic amines) is 1. The molecular formula is C12H16F3N3O. The molecule has 0 spiro atoms. The van der Waals surface area contributed by atoms with Gasteiger partial charge >= 0.3 is 6.18 Å². The number of piperidine rings is 1. The zero-order valence-electron chi connectivity index (χ0n) is 10.9. The van der Waals surface area contributed by atoms with Gasteiger partial charge in [-0.05, 0) is 18.8 Å². The fraction of sp³-hybridized carbons (Fsp3) is 0.667. The van der Waals surface area contributed by atoms with Crippen LogP contribution in [0.15, 0.2) is 6.07 Å². The number of carbonyl (C=O) groups is 1. The molecular weight excluding hydrogens is 259 g/mol. The second kappa shape index (κ2) is 4.86. The van der Waals surface area contributed by atoms with Crippen LogP contribution in [-0.4, -0.2) is 33.7 Å². The number of nitrogens with zero attached hydrogens (tertiary/aromatic N) is 3. The van der Waals surface area contributed by atoms with Crippen LogP contribution in [0.1, 0.15) is 35.9 Å². The Labute approximate surface area is 109 Å². The van der Waals surface area contributed by atoms with Crippen molar-refractivity contribution in [1.29, 1.82) is 0 Å². The molecule has 1 saturated heterocycles. The summed E-state index contributed by atoms with van der Waals surface area (Å²) < 4.78 is 38.6. The number of hydrogen-bond acceptors (Lipinski definition) is 2. The van der Waals surface area contributed by atoms with E-state index in [1.165, 1.54) is 7.05 Å². The van der Waals surface area contributed by atoms with Crippen molar-refractivity contribution in [3.8, 4) is 0 Å². The molecule has 1 aliphatic rings. The molecule has 1 aromatic rings. The molecule has 4 nitrogen and oxygen atoms in total. The van der Waals surface area contributed by atoms with Crippen LogP contribution in [0.4, 0.5) is 13.2 Å². The van der Waals surface area contributed by atoms with E-state index in [1.54, 1.807) is 4.90 Å². The first-order valence-electron chi connectivity index (χ1n) is 6.19. The third-order valence-electron chi connectivity index (χ3n) is 3.33. The van der Waals surface area contributed by atoms with Crippen LogP contribution < -0.4 is 0 Å². The average Bonchev–Trinajstić information content (AvgIpc) is 2.70. The van der Waals surface area contributed by atoms with Crippen molar-refractivity contribution in [2.75, 3.05) is 13.1 Å². The second-order valence-electron chi connectivity index (χ2n) is 5.03. The fourth-order valence-corrected chi connectivity index (χ4v) is 2.37. The Morgan fingerprint density at radius 2 is 2.16 bits per heavy atom. The molecule has 106 valence electrons. The number of rotatable bonds is 1. The molecule has 0 aromatic carbocycles. The highest BCUT2D eigenvalue weighted by Gasteiger charge is 2.36. The van der Waals surface area contributed by atoms with Gasteiger partial charge in [0, 0.05) is 26.2 Å². The normalized spacial score (nSPS) is 20.7. The maximum atomic E-state index is 12.6. The molecule has 19 heavy (non-hydrogen) atoms. The van der Waals surface area contributed by atoms with Crippen molar-refractivity contribution < 1.29 is 18.0 Å². The van der Waals surface area contributed by atoms with Crippen molar-refractivity contribution in [3.05, 3.63) is 17.5 Å². The van der Waals surface area contributed by atoms with Crippen LogP contribution in [0.25, 0.3) is 0 Å². The SMILES string of the molecule is CC1CCCN(C(=O)c2cc(C(F)(F)F)n(C)n2)C1. The number of halogens is 3. The van der Waals surface area contributed by atoms with E-state index in [1.807, 2.05) is 6.92 Å². The number of carbonyl (C=O) groups excluding carboxylic acids is 1. The van der Waals surface area contributed by atoms with Crippen LogP contribution >= 0.6 is 0 Å². The molecule has 1 amide bonds. The van der Waals surface area contributed by atoms with Crippen molar-refractivity contribution in [2.45, 2.75) is 25.9 Å². The van der Waals surface area contributed by atoms with Gasteiger partial charge in [0.05, 0.1) is 0 Å². The summed E-state index contributed by atoms with van der Waals surface area (Å²) in [5.41, 5.74) is -1.04. The summed E-state index contributed by atoms with van der Waals surface area (Å²) in [7, 11) is 1.19. The zero-order valence-corrected chi connectivity index (χ0v) is 10.9. The van der Waals surface area contributed by atoms with E-state index >= 15 is 0 Å². The minimum absolute atomic E-state index is 0.135. The predicted octanol–water partition coefficient (Wildman–Crippen LogP) is 2.31. The molecule has 7 heteroatoms. The summed E-state index contributed by atoms with van der Waals surface area (Å²) in [5.74, 6) is -0.0406. The van der Waals surface area contributed by atoms with Gasteiger partial charge in [-0.1, -0.05) is 6.92 Å². The summed E-state index contributed by atoms with van der Waals surface area (Å²) in [4.78, 5) is 13.7. The highest BCUT2D eigenvalue weighted by molar-refractivity contribution is 5.92. The highest BCUT2D eigenvalue weighted by atomic mass is 19.4. The van der Waals surface area contributed by atoms with E-state index in [2.05, 4.69) is 5.10 Å². The number of aryl methyl sites for hydroxylation is 1. The summed E-state index contributed by atoms with van der Waals surface area (Å²) in [6.07, 6.45) is -2.57. The van der Waals surface area contributed by atoms with Gasteiger partial charge in [0.25, 0.3) is 5.91 Å². The molecule has 2 rings (SSSR count). The Kier molecular flexibility index (Phi) is 3.56. The minimum Gasteiger partial charge on any atom is -0.337 e. The van der Waals surface area contributed by atoms with E-state index in [4.69, 9.17) is 0 Å². The van der Waals surface area contributed by atoms with Crippen molar-refractivity contribution in [3.63, 3.8) is 0 Å². The van der Waals surface area contributed by atoms with Gasteiger partial charge in [-0.25, -0.2) is 0 Å². The number of alkyl halides is 3. The van der Waals surface area contributed by atoms with Crippen LogP contribution in [-0.2, 0) is 13.2 Å². The third-order valence-corrected chi connectivity index (χ3v) is 3.33. The summed E-state index contributed by atoms with van der Waals surface area (Å²) >= 11 is 0. The molecule has 0 radical (unpaired) electrons. The summed E-state index contributed by atoms with van der Waals surface area (Å²) in [5, 5.41) is 3.68. The van der Waals surface area contributed by atoms with E-state index < -0.39 is 17.8 Å². The Morgan fingerprint density at radius 3 is 2.68 bits per heavy atom. The first kappa shape index (κ1) is 13.9. The first-order chi connectivity index (χ1) is 8.79. The average molecular weight is 275 g/mol. The number of aromatic nitrogens is 2. The topological polar surface area (TPSA) is 38.1 Å². The lowest BCUT2D eigenvalue weighted by atomic mass is 10.00. The monoisotopic (exact) mass is 275 g/mol. The summed E-state index contributed by atoms with van der Waals surface area (Å²) in [6.45, 7) is 3.19. The Hall–Kier alpha value is -1.53. The van der Waals surface area contributed by atoms with Gasteiger partial charge in [-0.15, -0.1) is 0 Å². The maximum absolute atomic E-state index is 12.6. The van der Waals surface area contributed by atoms with Gasteiger partial charge < -0.3 is 4.90 Å².